The van der Waals surface area contributed by atoms with Crippen LogP contribution in [0.5, 0.6) is 11.5 Å². The summed E-state index contributed by atoms with van der Waals surface area (Å²) in [7, 11) is 1.47. The zero-order valence-corrected chi connectivity index (χ0v) is 11.6. The first-order valence-electron chi connectivity index (χ1n) is 5.96. The van der Waals surface area contributed by atoms with Gasteiger partial charge in [-0.05, 0) is 18.2 Å². The molecule has 0 fully saturated rings. The van der Waals surface area contributed by atoms with Crippen LogP contribution in [0.4, 0.5) is 0 Å². The molecule has 102 valence electrons. The molecule has 0 spiro atoms. The molecule has 4 heteroatoms. The minimum absolute atomic E-state index is 0.00311. The summed E-state index contributed by atoms with van der Waals surface area (Å²) < 4.78 is 4.99. The van der Waals surface area contributed by atoms with Gasteiger partial charge in [0.05, 0.1) is 12.1 Å². The molecule has 0 aliphatic rings. The Labute approximate surface area is 122 Å². The highest BCUT2D eigenvalue weighted by molar-refractivity contribution is 6.32. The lowest BCUT2D eigenvalue weighted by molar-refractivity contribution is 0.104. The van der Waals surface area contributed by atoms with E-state index in [1.165, 1.54) is 25.3 Å². The van der Waals surface area contributed by atoms with Gasteiger partial charge in [-0.25, -0.2) is 0 Å². The lowest BCUT2D eigenvalue weighted by Crippen LogP contribution is -1.93. The molecule has 0 radical (unpaired) electrons. The van der Waals surface area contributed by atoms with Gasteiger partial charge in [0.1, 0.15) is 11.5 Å². The van der Waals surface area contributed by atoms with E-state index in [1.54, 1.807) is 30.3 Å². The Morgan fingerprint density at radius 2 is 1.95 bits per heavy atom. The van der Waals surface area contributed by atoms with Crippen LogP contribution in [-0.4, -0.2) is 18.0 Å². The topological polar surface area (TPSA) is 46.5 Å². The summed E-state index contributed by atoms with van der Waals surface area (Å²) in [5.41, 5.74) is 1.04. The molecule has 0 amide bonds. The molecule has 2 aromatic rings. The Balaban J connectivity index is 2.24. The Morgan fingerprint density at radius 1 is 1.25 bits per heavy atom. The number of hydrogen-bond acceptors (Lipinski definition) is 3. The monoisotopic (exact) mass is 288 g/mol. The standard InChI is InChI=1S/C16H13ClO3/c1-20-16-10-15(19)12(9-13(16)17)7-8-14(18)11-5-3-2-4-6-11/h2-10,19H,1H3/b8-7+. The quantitative estimate of drug-likeness (QED) is 0.684. The van der Waals surface area contributed by atoms with Gasteiger partial charge in [0, 0.05) is 17.2 Å². The fourth-order valence-electron chi connectivity index (χ4n) is 1.71. The number of carbonyl (C=O) groups is 1. The number of aromatic hydroxyl groups is 1. The molecule has 0 saturated heterocycles. The second kappa shape index (κ2) is 6.26. The van der Waals surface area contributed by atoms with Crippen LogP contribution in [0.3, 0.4) is 0 Å². The van der Waals surface area contributed by atoms with E-state index in [-0.39, 0.29) is 11.5 Å². The van der Waals surface area contributed by atoms with Crippen molar-refractivity contribution < 1.29 is 14.6 Å². The fourth-order valence-corrected chi connectivity index (χ4v) is 1.96. The highest BCUT2D eigenvalue weighted by atomic mass is 35.5. The summed E-state index contributed by atoms with van der Waals surface area (Å²) in [6.45, 7) is 0. The van der Waals surface area contributed by atoms with Gasteiger partial charge in [0.15, 0.2) is 5.78 Å². The van der Waals surface area contributed by atoms with Crippen LogP contribution < -0.4 is 4.74 Å². The number of rotatable bonds is 4. The van der Waals surface area contributed by atoms with Crippen molar-refractivity contribution in [2.24, 2.45) is 0 Å². The van der Waals surface area contributed by atoms with Crippen LogP contribution in [0, 0.1) is 0 Å². The van der Waals surface area contributed by atoms with Gasteiger partial charge in [-0.3, -0.25) is 4.79 Å². The Bertz CT molecular complexity index is 648. The number of allylic oxidation sites excluding steroid dienone is 1. The van der Waals surface area contributed by atoms with Gasteiger partial charge in [-0.1, -0.05) is 41.9 Å². The lowest BCUT2D eigenvalue weighted by Gasteiger charge is -2.06. The minimum atomic E-state index is -0.142. The molecular formula is C16H13ClO3. The summed E-state index contributed by atoms with van der Waals surface area (Å²) in [5, 5.41) is 10.2. The van der Waals surface area contributed by atoms with Crippen molar-refractivity contribution in [1.29, 1.82) is 0 Å². The minimum Gasteiger partial charge on any atom is -0.507 e. The van der Waals surface area contributed by atoms with Crippen molar-refractivity contribution in [2.75, 3.05) is 7.11 Å². The molecule has 2 aromatic carbocycles. The van der Waals surface area contributed by atoms with E-state index in [1.807, 2.05) is 6.07 Å². The van der Waals surface area contributed by atoms with E-state index in [0.717, 1.165) is 0 Å². The first kappa shape index (κ1) is 14.2. The molecule has 20 heavy (non-hydrogen) atoms. The van der Waals surface area contributed by atoms with Gasteiger partial charge < -0.3 is 9.84 Å². The molecule has 2 rings (SSSR count). The van der Waals surface area contributed by atoms with Gasteiger partial charge in [-0.15, -0.1) is 0 Å². The average Bonchev–Trinajstić information content (AvgIpc) is 2.48. The molecule has 0 aliphatic heterocycles. The fraction of sp³-hybridized carbons (Fsp3) is 0.0625. The number of carbonyl (C=O) groups excluding carboxylic acids is 1. The predicted molar refractivity (Wildman–Crippen MR) is 79.5 cm³/mol. The largest absolute Gasteiger partial charge is 0.507 e. The van der Waals surface area contributed by atoms with E-state index in [4.69, 9.17) is 16.3 Å². The third-order valence-corrected chi connectivity index (χ3v) is 3.07. The maximum atomic E-state index is 11.9. The molecule has 0 bridgehead atoms. The maximum Gasteiger partial charge on any atom is 0.185 e. The molecule has 1 N–H and O–H groups in total. The second-order valence-corrected chi connectivity index (χ2v) is 4.52. The third kappa shape index (κ3) is 3.19. The number of hydrogen-bond donors (Lipinski definition) is 1. The van der Waals surface area contributed by atoms with Crippen molar-refractivity contribution in [3.8, 4) is 11.5 Å². The molecule has 0 aromatic heterocycles. The highest BCUT2D eigenvalue weighted by Crippen LogP contribution is 2.32. The molecule has 3 nitrogen and oxygen atoms in total. The molecule has 0 saturated carbocycles. The number of ether oxygens (including phenoxy) is 1. The van der Waals surface area contributed by atoms with Crippen molar-refractivity contribution in [3.63, 3.8) is 0 Å². The summed E-state index contributed by atoms with van der Waals surface area (Å²) in [6.07, 6.45) is 2.92. The smallest absolute Gasteiger partial charge is 0.185 e. The summed E-state index contributed by atoms with van der Waals surface area (Å²) in [5.74, 6) is 0.246. The SMILES string of the molecule is COc1cc(O)c(/C=C/C(=O)c2ccccc2)cc1Cl. The zero-order valence-electron chi connectivity index (χ0n) is 10.8. The second-order valence-electron chi connectivity index (χ2n) is 4.11. The van der Waals surface area contributed by atoms with Gasteiger partial charge >= 0.3 is 0 Å². The van der Waals surface area contributed by atoms with E-state index >= 15 is 0 Å². The number of phenolic OH excluding ortho intramolecular Hbond substituents is 1. The van der Waals surface area contributed by atoms with E-state index in [0.29, 0.717) is 21.9 Å². The third-order valence-electron chi connectivity index (χ3n) is 2.77. The number of phenols is 1. The van der Waals surface area contributed by atoms with Crippen LogP contribution in [0.15, 0.2) is 48.5 Å². The van der Waals surface area contributed by atoms with Crippen LogP contribution in [-0.2, 0) is 0 Å². The Kier molecular flexibility index (Phi) is 4.43. The molecular weight excluding hydrogens is 276 g/mol. The zero-order chi connectivity index (χ0) is 14.5. The molecule has 0 atom stereocenters. The molecule has 0 unspecified atom stereocenters. The highest BCUT2D eigenvalue weighted by Gasteiger charge is 2.07. The van der Waals surface area contributed by atoms with E-state index < -0.39 is 0 Å². The van der Waals surface area contributed by atoms with Crippen molar-refractivity contribution in [1.82, 2.24) is 0 Å². The lowest BCUT2D eigenvalue weighted by atomic mass is 10.1. The van der Waals surface area contributed by atoms with Gasteiger partial charge in [-0.2, -0.15) is 0 Å². The number of ketones is 1. The summed E-state index contributed by atoms with van der Waals surface area (Å²) in [6, 6.07) is 11.8. The maximum absolute atomic E-state index is 11.9. The van der Waals surface area contributed by atoms with Crippen molar-refractivity contribution in [3.05, 3.63) is 64.7 Å². The molecule has 0 heterocycles. The average molecular weight is 289 g/mol. The number of methoxy groups -OCH3 is 1. The normalized spacial score (nSPS) is 10.7. The van der Waals surface area contributed by atoms with Crippen LogP contribution >= 0.6 is 11.6 Å². The summed E-state index contributed by atoms with van der Waals surface area (Å²) in [4.78, 5) is 11.9. The van der Waals surface area contributed by atoms with E-state index in [9.17, 15) is 9.90 Å². The van der Waals surface area contributed by atoms with Crippen LogP contribution in [0.2, 0.25) is 5.02 Å². The number of halogens is 1. The number of benzene rings is 2. The van der Waals surface area contributed by atoms with Crippen molar-refractivity contribution >= 4 is 23.5 Å². The predicted octanol–water partition coefficient (Wildman–Crippen LogP) is 3.95. The summed E-state index contributed by atoms with van der Waals surface area (Å²) >= 11 is 5.98. The van der Waals surface area contributed by atoms with Crippen LogP contribution in [0.1, 0.15) is 15.9 Å². The van der Waals surface area contributed by atoms with Crippen molar-refractivity contribution in [2.45, 2.75) is 0 Å². The van der Waals surface area contributed by atoms with Gasteiger partial charge in [0.2, 0.25) is 0 Å². The Hall–Kier alpha value is -2.26. The van der Waals surface area contributed by atoms with Crippen LogP contribution in [0.25, 0.3) is 6.08 Å². The van der Waals surface area contributed by atoms with Gasteiger partial charge in [0.25, 0.3) is 0 Å². The first-order valence-corrected chi connectivity index (χ1v) is 6.33. The first-order chi connectivity index (χ1) is 9.61. The molecule has 0 aliphatic carbocycles. The van der Waals surface area contributed by atoms with E-state index in [2.05, 4.69) is 0 Å². The Morgan fingerprint density at radius 3 is 2.60 bits per heavy atom.